The van der Waals surface area contributed by atoms with Crippen LogP contribution in [0.2, 0.25) is 5.02 Å². The Kier molecular flexibility index (Phi) is 6.26. The van der Waals surface area contributed by atoms with Crippen LogP contribution in [-0.4, -0.2) is 38.2 Å². The zero-order valence-corrected chi connectivity index (χ0v) is 16.4. The normalized spacial score (nSPS) is 12.8. The first-order valence-electron chi connectivity index (χ1n) is 8.94. The summed E-state index contributed by atoms with van der Waals surface area (Å²) in [4.78, 5) is 26.0. The predicted molar refractivity (Wildman–Crippen MR) is 107 cm³/mol. The first kappa shape index (κ1) is 19.8. The number of halogens is 1. The minimum Gasteiger partial charge on any atom is -0.490 e. The number of nitrogens with one attached hydrogen (secondary N) is 1. The molecule has 8 heteroatoms. The van der Waals surface area contributed by atoms with E-state index in [1.807, 2.05) is 13.8 Å². The van der Waals surface area contributed by atoms with Crippen molar-refractivity contribution in [1.82, 2.24) is 0 Å². The van der Waals surface area contributed by atoms with Crippen LogP contribution in [0.4, 0.5) is 11.4 Å². The largest absolute Gasteiger partial charge is 0.490 e. The lowest BCUT2D eigenvalue weighted by Crippen LogP contribution is -2.41. The average molecular weight is 405 g/mol. The molecule has 1 heterocycles. The molecule has 0 spiro atoms. The summed E-state index contributed by atoms with van der Waals surface area (Å²) >= 11 is 6.04. The van der Waals surface area contributed by atoms with Gasteiger partial charge in [-0.25, -0.2) is 4.79 Å². The van der Waals surface area contributed by atoms with Gasteiger partial charge in [0.2, 0.25) is 5.91 Å². The highest BCUT2D eigenvalue weighted by molar-refractivity contribution is 6.31. The number of carbonyl (C=O) groups is 2. The van der Waals surface area contributed by atoms with Crippen molar-refractivity contribution >= 4 is 34.9 Å². The van der Waals surface area contributed by atoms with E-state index < -0.39 is 5.97 Å². The number of rotatable bonds is 7. The van der Waals surface area contributed by atoms with Crippen molar-refractivity contribution in [2.45, 2.75) is 13.8 Å². The second-order valence-corrected chi connectivity index (χ2v) is 6.45. The van der Waals surface area contributed by atoms with Crippen LogP contribution in [0.3, 0.4) is 0 Å². The first-order chi connectivity index (χ1) is 13.5. The van der Waals surface area contributed by atoms with Gasteiger partial charge in [-0.15, -0.1) is 0 Å². The maximum atomic E-state index is 12.6. The second-order valence-electron chi connectivity index (χ2n) is 6.02. The van der Waals surface area contributed by atoms with Gasteiger partial charge in [0.15, 0.2) is 17.2 Å². The van der Waals surface area contributed by atoms with Crippen LogP contribution < -0.4 is 24.4 Å². The average Bonchev–Trinajstić information content (AvgIpc) is 2.64. The fourth-order valence-electron chi connectivity index (χ4n) is 2.86. The molecule has 0 radical (unpaired) electrons. The van der Waals surface area contributed by atoms with Crippen molar-refractivity contribution in [3.63, 3.8) is 0 Å². The number of carbonyl (C=O) groups excluding carboxylic acids is 2. The van der Waals surface area contributed by atoms with Crippen molar-refractivity contribution in [2.24, 2.45) is 0 Å². The van der Waals surface area contributed by atoms with Gasteiger partial charge in [-0.1, -0.05) is 11.6 Å². The summed E-state index contributed by atoms with van der Waals surface area (Å²) in [6, 6.07) is 10.1. The van der Waals surface area contributed by atoms with E-state index in [-0.39, 0.29) is 19.0 Å². The Hall–Kier alpha value is -2.93. The molecule has 0 unspecified atom stereocenters. The molecule has 0 saturated carbocycles. The van der Waals surface area contributed by atoms with Crippen LogP contribution in [0.15, 0.2) is 36.4 Å². The molecular weight excluding hydrogens is 384 g/mol. The van der Waals surface area contributed by atoms with E-state index in [2.05, 4.69) is 5.32 Å². The van der Waals surface area contributed by atoms with E-state index in [1.165, 1.54) is 0 Å². The molecule has 3 rings (SSSR count). The van der Waals surface area contributed by atoms with E-state index in [9.17, 15) is 9.59 Å². The van der Waals surface area contributed by atoms with E-state index >= 15 is 0 Å². The molecule has 0 bridgehead atoms. The lowest BCUT2D eigenvalue weighted by molar-refractivity contribution is -0.133. The molecule has 1 N–H and O–H groups in total. The number of benzene rings is 2. The van der Waals surface area contributed by atoms with Crippen LogP contribution >= 0.6 is 11.6 Å². The minimum atomic E-state index is -0.428. The van der Waals surface area contributed by atoms with Gasteiger partial charge in [-0.2, -0.15) is 0 Å². The van der Waals surface area contributed by atoms with Gasteiger partial charge in [0.25, 0.3) is 0 Å². The number of esters is 1. The number of ether oxygens (including phenoxy) is 3. The molecule has 1 aliphatic heterocycles. The highest BCUT2D eigenvalue weighted by Gasteiger charge is 2.26. The Labute approximate surface area is 168 Å². The first-order valence-corrected chi connectivity index (χ1v) is 9.32. The third-order valence-corrected chi connectivity index (χ3v) is 4.20. The number of amides is 1. The Morgan fingerprint density at radius 2 is 1.89 bits per heavy atom. The van der Waals surface area contributed by atoms with Crippen molar-refractivity contribution in [2.75, 3.05) is 36.5 Å². The Bertz CT molecular complexity index is 887. The molecule has 28 heavy (non-hydrogen) atoms. The Morgan fingerprint density at radius 1 is 1.14 bits per heavy atom. The summed E-state index contributed by atoms with van der Waals surface area (Å²) in [7, 11) is 0. The molecule has 0 saturated heterocycles. The van der Waals surface area contributed by atoms with Crippen LogP contribution in [-0.2, 0) is 9.59 Å². The third-order valence-electron chi connectivity index (χ3n) is 3.97. The number of nitrogens with zero attached hydrogens (tertiary/aromatic N) is 1. The van der Waals surface area contributed by atoms with E-state index in [0.717, 1.165) is 0 Å². The quantitative estimate of drug-likeness (QED) is 0.562. The SMILES string of the molecule is CCOc1ccc(NC(=O)CN2CC(=O)Oc3ccc(Cl)cc32)cc1OCC. The molecule has 0 fully saturated rings. The lowest BCUT2D eigenvalue weighted by Gasteiger charge is -2.29. The molecule has 1 amide bonds. The standard InChI is InChI=1S/C20H21ClN2O5/c1-3-26-17-8-6-14(10-18(17)27-4-2)22-19(24)11-23-12-20(25)28-16-7-5-13(21)9-15(16)23/h5-10H,3-4,11-12H2,1-2H3,(H,22,24). The summed E-state index contributed by atoms with van der Waals surface area (Å²) in [5.41, 5.74) is 1.17. The van der Waals surface area contributed by atoms with Gasteiger partial charge in [0, 0.05) is 16.8 Å². The van der Waals surface area contributed by atoms with Gasteiger partial charge in [-0.3, -0.25) is 4.79 Å². The lowest BCUT2D eigenvalue weighted by atomic mass is 10.2. The van der Waals surface area contributed by atoms with Crippen LogP contribution in [0.25, 0.3) is 0 Å². The van der Waals surface area contributed by atoms with Crippen molar-refractivity contribution in [3.8, 4) is 17.2 Å². The monoisotopic (exact) mass is 404 g/mol. The smallest absolute Gasteiger partial charge is 0.331 e. The van der Waals surface area contributed by atoms with Crippen LogP contribution in [0.1, 0.15) is 13.8 Å². The van der Waals surface area contributed by atoms with Gasteiger partial charge in [-0.05, 0) is 44.2 Å². The van der Waals surface area contributed by atoms with Gasteiger partial charge in [0.05, 0.1) is 25.4 Å². The third kappa shape index (κ3) is 4.67. The Balaban J connectivity index is 1.73. The molecule has 0 atom stereocenters. The van der Waals surface area contributed by atoms with E-state index in [4.69, 9.17) is 25.8 Å². The maximum Gasteiger partial charge on any atom is 0.331 e. The van der Waals surface area contributed by atoms with Gasteiger partial charge in [0.1, 0.15) is 6.54 Å². The second kappa shape index (κ2) is 8.84. The predicted octanol–water partition coefficient (Wildman–Crippen LogP) is 3.50. The van der Waals surface area contributed by atoms with Gasteiger partial charge < -0.3 is 24.4 Å². The molecule has 2 aromatic carbocycles. The topological polar surface area (TPSA) is 77.1 Å². The molecular formula is C20H21ClN2O5. The number of anilines is 2. The summed E-state index contributed by atoms with van der Waals surface area (Å²) in [5.74, 6) is 0.841. The molecule has 7 nitrogen and oxygen atoms in total. The summed E-state index contributed by atoms with van der Waals surface area (Å²) < 4.78 is 16.3. The zero-order chi connectivity index (χ0) is 20.1. The molecule has 0 aliphatic carbocycles. The molecule has 2 aromatic rings. The minimum absolute atomic E-state index is 0.0282. The number of fused-ring (bicyclic) bond motifs is 1. The summed E-state index contributed by atoms with van der Waals surface area (Å²) in [5, 5.41) is 3.31. The number of hydrogen-bond acceptors (Lipinski definition) is 6. The van der Waals surface area contributed by atoms with Crippen molar-refractivity contribution in [3.05, 3.63) is 41.4 Å². The van der Waals surface area contributed by atoms with Crippen molar-refractivity contribution < 1.29 is 23.8 Å². The summed E-state index contributed by atoms with van der Waals surface area (Å²) in [6.07, 6.45) is 0. The fraction of sp³-hybridized carbons (Fsp3) is 0.300. The molecule has 148 valence electrons. The number of hydrogen-bond donors (Lipinski definition) is 1. The summed E-state index contributed by atoms with van der Waals surface area (Å²) in [6.45, 7) is 4.69. The van der Waals surface area contributed by atoms with Crippen LogP contribution in [0, 0.1) is 0 Å². The van der Waals surface area contributed by atoms with Gasteiger partial charge >= 0.3 is 5.97 Å². The highest BCUT2D eigenvalue weighted by atomic mass is 35.5. The van der Waals surface area contributed by atoms with Crippen LogP contribution in [0.5, 0.6) is 17.2 Å². The van der Waals surface area contributed by atoms with Crippen molar-refractivity contribution in [1.29, 1.82) is 0 Å². The highest BCUT2D eigenvalue weighted by Crippen LogP contribution is 2.34. The van der Waals surface area contributed by atoms with E-state index in [1.54, 1.807) is 41.3 Å². The fourth-order valence-corrected chi connectivity index (χ4v) is 3.03. The Morgan fingerprint density at radius 3 is 2.64 bits per heavy atom. The van der Waals surface area contributed by atoms with E-state index in [0.29, 0.717) is 46.9 Å². The zero-order valence-electron chi connectivity index (χ0n) is 15.7. The molecule has 0 aromatic heterocycles. The molecule has 1 aliphatic rings. The maximum absolute atomic E-state index is 12.6.